The van der Waals surface area contributed by atoms with Crippen molar-refractivity contribution in [3.63, 3.8) is 0 Å². The number of nitrogens with zero attached hydrogens (tertiary/aromatic N) is 1. The Morgan fingerprint density at radius 1 is 1.15 bits per heavy atom. The SMILES string of the molecule is O=S(=O)(NC[C@@H](c1ccco1)N1CCCC1)c1cccc(C(F)(F)F)c1. The van der Waals surface area contributed by atoms with E-state index in [1.807, 2.05) is 0 Å². The van der Waals surface area contributed by atoms with E-state index in [4.69, 9.17) is 4.42 Å². The molecule has 0 bridgehead atoms. The van der Waals surface area contributed by atoms with Crippen LogP contribution in [0.1, 0.15) is 30.2 Å². The minimum atomic E-state index is -4.60. The summed E-state index contributed by atoms with van der Waals surface area (Å²) in [6.45, 7) is 1.65. The van der Waals surface area contributed by atoms with Gasteiger partial charge in [-0.1, -0.05) is 6.07 Å². The molecule has 142 valence electrons. The molecule has 2 aromatic rings. The number of rotatable bonds is 6. The lowest BCUT2D eigenvalue weighted by Gasteiger charge is -2.26. The summed E-state index contributed by atoms with van der Waals surface area (Å²) in [7, 11) is -4.08. The fourth-order valence-electron chi connectivity index (χ4n) is 3.06. The van der Waals surface area contributed by atoms with Gasteiger partial charge in [-0.05, 0) is 56.3 Å². The summed E-state index contributed by atoms with van der Waals surface area (Å²) in [4.78, 5) is 1.69. The van der Waals surface area contributed by atoms with Crippen LogP contribution in [-0.2, 0) is 16.2 Å². The topological polar surface area (TPSA) is 62.6 Å². The number of hydrogen-bond acceptors (Lipinski definition) is 4. The molecule has 1 saturated heterocycles. The van der Waals surface area contributed by atoms with Gasteiger partial charge in [0.1, 0.15) is 5.76 Å². The Kier molecular flexibility index (Phi) is 5.40. The van der Waals surface area contributed by atoms with E-state index in [0.29, 0.717) is 11.8 Å². The van der Waals surface area contributed by atoms with Crippen molar-refractivity contribution < 1.29 is 26.0 Å². The number of furan rings is 1. The fourth-order valence-corrected chi connectivity index (χ4v) is 4.14. The van der Waals surface area contributed by atoms with Crippen molar-refractivity contribution in [3.05, 3.63) is 54.0 Å². The summed E-state index contributed by atoms with van der Waals surface area (Å²) in [6.07, 6.45) is -1.06. The van der Waals surface area contributed by atoms with Crippen LogP contribution in [0.2, 0.25) is 0 Å². The molecular weight excluding hydrogens is 369 g/mol. The van der Waals surface area contributed by atoms with E-state index in [0.717, 1.165) is 44.1 Å². The van der Waals surface area contributed by atoms with Crippen LogP contribution in [0, 0.1) is 0 Å². The summed E-state index contributed by atoms with van der Waals surface area (Å²) >= 11 is 0. The largest absolute Gasteiger partial charge is 0.468 e. The Hall–Kier alpha value is -1.84. The lowest BCUT2D eigenvalue weighted by molar-refractivity contribution is -0.137. The maximum absolute atomic E-state index is 12.8. The van der Waals surface area contributed by atoms with E-state index in [1.54, 1.807) is 12.1 Å². The number of sulfonamides is 1. The molecule has 1 aromatic carbocycles. The second-order valence-corrected chi connectivity index (χ2v) is 7.92. The van der Waals surface area contributed by atoms with Crippen LogP contribution in [0.5, 0.6) is 0 Å². The molecule has 0 unspecified atom stereocenters. The fraction of sp³-hybridized carbons (Fsp3) is 0.412. The van der Waals surface area contributed by atoms with Gasteiger partial charge >= 0.3 is 6.18 Å². The van der Waals surface area contributed by atoms with Crippen molar-refractivity contribution in [1.82, 2.24) is 9.62 Å². The Labute approximate surface area is 149 Å². The third-order valence-corrected chi connectivity index (χ3v) is 5.81. The molecule has 2 heterocycles. The smallest absolute Gasteiger partial charge is 0.416 e. The summed E-state index contributed by atoms with van der Waals surface area (Å²) in [5, 5.41) is 0. The zero-order valence-electron chi connectivity index (χ0n) is 13.9. The normalized spacial score (nSPS) is 17.5. The second-order valence-electron chi connectivity index (χ2n) is 6.15. The first kappa shape index (κ1) is 18.9. The number of nitrogens with one attached hydrogen (secondary N) is 1. The predicted molar refractivity (Wildman–Crippen MR) is 88.9 cm³/mol. The van der Waals surface area contributed by atoms with Crippen LogP contribution >= 0.6 is 0 Å². The van der Waals surface area contributed by atoms with Crippen molar-refractivity contribution in [2.24, 2.45) is 0 Å². The quantitative estimate of drug-likeness (QED) is 0.824. The molecule has 1 aliphatic heterocycles. The van der Waals surface area contributed by atoms with E-state index in [2.05, 4.69) is 9.62 Å². The number of hydrogen-bond donors (Lipinski definition) is 1. The molecule has 1 aliphatic rings. The number of alkyl halides is 3. The van der Waals surface area contributed by atoms with Gasteiger partial charge in [0.15, 0.2) is 0 Å². The predicted octanol–water partition coefficient (Wildman–Crippen LogP) is 3.41. The molecule has 0 spiro atoms. The average Bonchev–Trinajstić information content (AvgIpc) is 3.28. The van der Waals surface area contributed by atoms with Crippen molar-refractivity contribution in [1.29, 1.82) is 0 Å². The lowest BCUT2D eigenvalue weighted by atomic mass is 10.2. The molecule has 0 amide bonds. The molecule has 1 aromatic heterocycles. The molecule has 26 heavy (non-hydrogen) atoms. The minimum absolute atomic E-state index is 0.0199. The van der Waals surface area contributed by atoms with E-state index in [1.165, 1.54) is 6.26 Å². The highest BCUT2D eigenvalue weighted by molar-refractivity contribution is 7.89. The van der Waals surface area contributed by atoms with E-state index in [-0.39, 0.29) is 12.6 Å². The minimum Gasteiger partial charge on any atom is -0.468 e. The second kappa shape index (κ2) is 7.42. The summed E-state index contributed by atoms with van der Waals surface area (Å²) in [6, 6.07) is 6.90. The maximum atomic E-state index is 12.8. The lowest BCUT2D eigenvalue weighted by Crippen LogP contribution is -2.36. The number of benzene rings is 1. The molecule has 5 nitrogen and oxygen atoms in total. The first-order valence-corrected chi connectivity index (χ1v) is 9.70. The number of halogens is 3. The summed E-state index contributed by atoms with van der Waals surface area (Å²) in [5.74, 6) is 0.624. The molecular formula is C17H19F3N2O3S. The average molecular weight is 388 g/mol. The van der Waals surface area contributed by atoms with Crippen LogP contribution in [-0.4, -0.2) is 33.0 Å². The third-order valence-electron chi connectivity index (χ3n) is 4.39. The molecule has 0 aliphatic carbocycles. The molecule has 9 heteroatoms. The summed E-state index contributed by atoms with van der Waals surface area (Å²) < 4.78 is 71.3. The van der Waals surface area contributed by atoms with Gasteiger partial charge < -0.3 is 4.42 Å². The molecule has 1 atom stereocenters. The van der Waals surface area contributed by atoms with E-state index < -0.39 is 26.7 Å². The van der Waals surface area contributed by atoms with Crippen molar-refractivity contribution >= 4 is 10.0 Å². The Bertz CT molecular complexity index is 829. The zero-order valence-corrected chi connectivity index (χ0v) is 14.7. The van der Waals surface area contributed by atoms with Crippen LogP contribution in [0.15, 0.2) is 52.0 Å². The van der Waals surface area contributed by atoms with Gasteiger partial charge in [0, 0.05) is 6.54 Å². The third kappa shape index (κ3) is 4.28. The highest BCUT2D eigenvalue weighted by Gasteiger charge is 2.32. The van der Waals surface area contributed by atoms with Gasteiger partial charge in [0.2, 0.25) is 10.0 Å². The van der Waals surface area contributed by atoms with Gasteiger partial charge in [0.05, 0.1) is 22.8 Å². The first-order valence-electron chi connectivity index (χ1n) is 8.22. The standard InChI is InChI=1S/C17H19F3N2O3S/c18-17(19,20)13-5-3-6-14(11-13)26(23,24)21-12-15(16-7-4-10-25-16)22-8-1-2-9-22/h3-7,10-11,15,21H,1-2,8-9,12H2/t15-/m0/s1. The van der Waals surface area contributed by atoms with Crippen LogP contribution in [0.25, 0.3) is 0 Å². The highest BCUT2D eigenvalue weighted by atomic mass is 32.2. The molecule has 3 rings (SSSR count). The van der Waals surface area contributed by atoms with E-state index in [9.17, 15) is 21.6 Å². The Balaban J connectivity index is 1.78. The molecule has 1 N–H and O–H groups in total. The van der Waals surface area contributed by atoms with Gasteiger partial charge in [-0.25, -0.2) is 13.1 Å². The molecule has 0 saturated carbocycles. The van der Waals surface area contributed by atoms with Crippen molar-refractivity contribution in [3.8, 4) is 0 Å². The number of likely N-dealkylation sites (tertiary alicyclic amines) is 1. The van der Waals surface area contributed by atoms with Gasteiger partial charge in [0.25, 0.3) is 0 Å². The zero-order chi connectivity index (χ0) is 18.8. The van der Waals surface area contributed by atoms with Crippen molar-refractivity contribution in [2.45, 2.75) is 30.0 Å². The summed E-state index contributed by atoms with van der Waals surface area (Å²) in [5.41, 5.74) is -0.998. The molecule has 1 fully saturated rings. The maximum Gasteiger partial charge on any atom is 0.416 e. The Morgan fingerprint density at radius 3 is 2.50 bits per heavy atom. The monoisotopic (exact) mass is 388 g/mol. The van der Waals surface area contributed by atoms with Gasteiger partial charge in [-0.15, -0.1) is 0 Å². The molecule has 0 radical (unpaired) electrons. The highest BCUT2D eigenvalue weighted by Crippen LogP contribution is 2.31. The van der Waals surface area contributed by atoms with Crippen LogP contribution < -0.4 is 4.72 Å². The first-order chi connectivity index (χ1) is 12.3. The van der Waals surface area contributed by atoms with Crippen LogP contribution in [0.4, 0.5) is 13.2 Å². The van der Waals surface area contributed by atoms with E-state index >= 15 is 0 Å². The van der Waals surface area contributed by atoms with Crippen molar-refractivity contribution in [2.75, 3.05) is 19.6 Å². The Morgan fingerprint density at radius 2 is 1.88 bits per heavy atom. The van der Waals surface area contributed by atoms with Gasteiger partial charge in [-0.3, -0.25) is 4.90 Å². The van der Waals surface area contributed by atoms with Gasteiger partial charge in [-0.2, -0.15) is 13.2 Å². The van der Waals surface area contributed by atoms with Crippen LogP contribution in [0.3, 0.4) is 0 Å².